The van der Waals surface area contributed by atoms with Crippen LogP contribution in [0.4, 0.5) is 10.5 Å². The Morgan fingerprint density at radius 2 is 2.05 bits per heavy atom. The van der Waals surface area contributed by atoms with Gasteiger partial charge in [-0.25, -0.2) is 9.69 Å². The van der Waals surface area contributed by atoms with Gasteiger partial charge in [0.1, 0.15) is 5.84 Å². The van der Waals surface area contributed by atoms with E-state index in [4.69, 9.17) is 11.1 Å². The Labute approximate surface area is 117 Å². The van der Waals surface area contributed by atoms with Crippen molar-refractivity contribution in [3.8, 4) is 0 Å². The molecule has 0 aliphatic carbocycles. The molecule has 5 nitrogen and oxygen atoms in total. The summed E-state index contributed by atoms with van der Waals surface area (Å²) in [5.74, 6) is 0.0688. The molecule has 1 aliphatic rings. The smallest absolute Gasteiger partial charge is 0.325 e. The van der Waals surface area contributed by atoms with Crippen molar-refractivity contribution in [2.45, 2.75) is 13.3 Å². The van der Waals surface area contributed by atoms with Crippen molar-refractivity contribution in [2.24, 2.45) is 10.7 Å². The number of hydrogen-bond donors (Lipinski definition) is 2. The highest BCUT2D eigenvalue weighted by Crippen LogP contribution is 2.19. The molecular weight excluding hydrogens is 252 g/mol. The molecule has 20 heavy (non-hydrogen) atoms. The third kappa shape index (κ3) is 3.00. The van der Waals surface area contributed by atoms with Crippen LogP contribution in [0.25, 0.3) is 0 Å². The first-order valence-corrected chi connectivity index (χ1v) is 6.22. The Bertz CT molecular complexity index is 611. The second-order valence-corrected chi connectivity index (χ2v) is 4.43. The first-order chi connectivity index (χ1) is 9.59. The van der Waals surface area contributed by atoms with Gasteiger partial charge in [-0.1, -0.05) is 23.8 Å². The molecule has 2 rings (SSSR count). The number of benzene rings is 1. The van der Waals surface area contributed by atoms with E-state index < -0.39 is 6.03 Å². The van der Waals surface area contributed by atoms with E-state index in [2.05, 4.69) is 4.99 Å². The van der Waals surface area contributed by atoms with Crippen LogP contribution in [0.2, 0.25) is 0 Å². The lowest BCUT2D eigenvalue weighted by Crippen LogP contribution is -2.41. The molecule has 0 aromatic heterocycles. The van der Waals surface area contributed by atoms with Crippen LogP contribution in [-0.4, -0.2) is 18.1 Å². The molecule has 0 unspecified atom stereocenters. The number of rotatable bonds is 2. The molecule has 1 aromatic rings. The van der Waals surface area contributed by atoms with Gasteiger partial charge in [-0.15, -0.1) is 0 Å². The van der Waals surface area contributed by atoms with E-state index in [1.54, 1.807) is 36.7 Å². The fraction of sp³-hybridized carbons (Fsp3) is 0.133. The maximum Gasteiger partial charge on any atom is 0.325 e. The molecule has 1 aromatic carbocycles. The number of nitrogens with zero attached hydrogens (tertiary/aromatic N) is 2. The minimum atomic E-state index is -0.676. The number of nitrogens with one attached hydrogen (secondary N) is 1. The second kappa shape index (κ2) is 5.97. The van der Waals surface area contributed by atoms with E-state index in [9.17, 15) is 4.79 Å². The highest BCUT2D eigenvalue weighted by Gasteiger charge is 2.20. The largest absolute Gasteiger partial charge is 0.351 e. The first kappa shape index (κ1) is 13.7. The number of allylic oxidation sites excluding steroid dienone is 2. The second-order valence-electron chi connectivity index (χ2n) is 4.43. The quantitative estimate of drug-likeness (QED) is 0.627. The SMILES string of the molecule is Cc1ccc(N(C(=N)C2=CC=CN=CC2)C(N)=O)cc1. The molecule has 5 heteroatoms. The van der Waals surface area contributed by atoms with Gasteiger partial charge in [0.25, 0.3) is 0 Å². The van der Waals surface area contributed by atoms with E-state index in [-0.39, 0.29) is 5.84 Å². The summed E-state index contributed by atoms with van der Waals surface area (Å²) in [6, 6.07) is 6.62. The number of aryl methyl sites for hydroxylation is 1. The monoisotopic (exact) mass is 268 g/mol. The highest BCUT2D eigenvalue weighted by atomic mass is 16.2. The summed E-state index contributed by atoms with van der Waals surface area (Å²) in [4.78, 5) is 16.9. The van der Waals surface area contributed by atoms with Crippen molar-refractivity contribution in [1.29, 1.82) is 5.41 Å². The number of amidine groups is 1. The number of amides is 2. The van der Waals surface area contributed by atoms with E-state index in [0.717, 1.165) is 5.56 Å². The summed E-state index contributed by atoms with van der Waals surface area (Å²) >= 11 is 0. The van der Waals surface area contributed by atoms with Crippen LogP contribution < -0.4 is 10.6 Å². The van der Waals surface area contributed by atoms with E-state index in [0.29, 0.717) is 17.7 Å². The normalized spacial score (nSPS) is 13.6. The lowest BCUT2D eigenvalue weighted by atomic mass is 10.1. The third-order valence-electron chi connectivity index (χ3n) is 2.93. The Kier molecular flexibility index (Phi) is 4.10. The summed E-state index contributed by atoms with van der Waals surface area (Å²) < 4.78 is 0. The lowest BCUT2D eigenvalue weighted by Gasteiger charge is -2.22. The molecule has 102 valence electrons. The van der Waals surface area contributed by atoms with Gasteiger partial charge < -0.3 is 5.73 Å². The predicted molar refractivity (Wildman–Crippen MR) is 81.3 cm³/mol. The Hall–Kier alpha value is -2.69. The molecule has 1 heterocycles. The minimum Gasteiger partial charge on any atom is -0.351 e. The van der Waals surface area contributed by atoms with Crippen LogP contribution in [-0.2, 0) is 0 Å². The topological polar surface area (TPSA) is 82.5 Å². The summed E-state index contributed by atoms with van der Waals surface area (Å²) in [7, 11) is 0. The molecule has 0 saturated carbocycles. The molecule has 3 N–H and O–H groups in total. The number of urea groups is 1. The number of nitrogens with two attached hydrogens (primary N) is 1. The summed E-state index contributed by atoms with van der Waals surface area (Å²) in [6.07, 6.45) is 7.32. The van der Waals surface area contributed by atoms with Crippen molar-refractivity contribution in [2.75, 3.05) is 4.90 Å². The lowest BCUT2D eigenvalue weighted by molar-refractivity contribution is 0.256. The zero-order valence-corrected chi connectivity index (χ0v) is 11.2. The standard InChI is InChI=1S/C15H16N4O/c1-11-4-6-13(7-5-11)19(15(17)20)14(16)12-3-2-9-18-10-8-12/h2-7,9-10,16H,8H2,1H3,(H2,17,20). The fourth-order valence-electron chi connectivity index (χ4n) is 1.87. The van der Waals surface area contributed by atoms with E-state index in [1.165, 1.54) is 4.90 Å². The van der Waals surface area contributed by atoms with Gasteiger partial charge in [0.05, 0.1) is 5.69 Å². The van der Waals surface area contributed by atoms with Crippen LogP contribution >= 0.6 is 0 Å². The zero-order chi connectivity index (χ0) is 14.5. The van der Waals surface area contributed by atoms with E-state index >= 15 is 0 Å². The number of carbonyl (C=O) groups is 1. The van der Waals surface area contributed by atoms with Crippen LogP contribution in [0, 0.1) is 12.3 Å². The predicted octanol–water partition coefficient (Wildman–Crippen LogP) is 2.77. The Morgan fingerprint density at radius 3 is 2.70 bits per heavy atom. The van der Waals surface area contributed by atoms with Gasteiger partial charge in [0.2, 0.25) is 0 Å². The number of anilines is 1. The van der Waals surface area contributed by atoms with Gasteiger partial charge >= 0.3 is 6.03 Å². The molecule has 0 fully saturated rings. The molecule has 0 bridgehead atoms. The zero-order valence-electron chi connectivity index (χ0n) is 11.2. The van der Waals surface area contributed by atoms with Crippen LogP contribution in [0.1, 0.15) is 12.0 Å². The maximum atomic E-state index is 11.7. The van der Waals surface area contributed by atoms with Gasteiger partial charge in [-0.2, -0.15) is 0 Å². The number of carbonyl (C=O) groups excluding carboxylic acids is 1. The Balaban J connectivity index is 2.34. The molecule has 0 saturated heterocycles. The maximum absolute atomic E-state index is 11.7. The van der Waals surface area contributed by atoms with Gasteiger partial charge in [0.15, 0.2) is 0 Å². The molecule has 2 amide bonds. The van der Waals surface area contributed by atoms with Crippen molar-refractivity contribution >= 4 is 23.8 Å². The average Bonchev–Trinajstić information content (AvgIpc) is 2.69. The van der Waals surface area contributed by atoms with Crippen molar-refractivity contribution in [3.63, 3.8) is 0 Å². The van der Waals surface area contributed by atoms with Crippen molar-refractivity contribution in [1.82, 2.24) is 0 Å². The van der Waals surface area contributed by atoms with Crippen molar-refractivity contribution < 1.29 is 4.79 Å². The molecule has 0 radical (unpaired) electrons. The van der Waals surface area contributed by atoms with Crippen LogP contribution in [0.15, 0.2) is 53.2 Å². The van der Waals surface area contributed by atoms with Crippen LogP contribution in [0.5, 0.6) is 0 Å². The van der Waals surface area contributed by atoms with Crippen LogP contribution in [0.3, 0.4) is 0 Å². The molecule has 1 aliphatic heterocycles. The summed E-state index contributed by atoms with van der Waals surface area (Å²) in [5, 5.41) is 8.22. The highest BCUT2D eigenvalue weighted by molar-refractivity contribution is 6.22. The Morgan fingerprint density at radius 1 is 1.35 bits per heavy atom. The number of primary amides is 1. The summed E-state index contributed by atoms with van der Waals surface area (Å²) in [6.45, 7) is 1.96. The number of aliphatic imine (C=N–C) groups is 1. The van der Waals surface area contributed by atoms with Crippen molar-refractivity contribution in [3.05, 3.63) is 53.8 Å². The van der Waals surface area contributed by atoms with Gasteiger partial charge in [0, 0.05) is 24.4 Å². The third-order valence-corrected chi connectivity index (χ3v) is 2.93. The minimum absolute atomic E-state index is 0.0688. The average molecular weight is 268 g/mol. The van der Waals surface area contributed by atoms with Gasteiger partial charge in [-0.3, -0.25) is 10.4 Å². The first-order valence-electron chi connectivity index (χ1n) is 6.22. The number of hydrogen-bond acceptors (Lipinski definition) is 3. The van der Waals surface area contributed by atoms with Gasteiger partial charge in [-0.05, 0) is 25.1 Å². The molecular formula is C15H16N4O. The summed E-state index contributed by atoms with van der Waals surface area (Å²) in [5.41, 5.74) is 7.76. The molecule has 0 atom stereocenters. The molecule has 0 spiro atoms. The fourth-order valence-corrected chi connectivity index (χ4v) is 1.87. The van der Waals surface area contributed by atoms with E-state index in [1.807, 2.05) is 19.1 Å².